The number of nitrogens with two attached hydrogens (primary N) is 1. The molecule has 11 heavy (non-hydrogen) atoms. The summed E-state index contributed by atoms with van der Waals surface area (Å²) < 4.78 is 12.2. The Morgan fingerprint density at radius 3 is 2.91 bits per heavy atom. The molecule has 2 N–H and O–H groups in total. The molecular formula is C8H13FN2. The molecule has 0 spiro atoms. The summed E-state index contributed by atoms with van der Waals surface area (Å²) in [6.07, 6.45) is 0.842. The Balaban J connectivity index is 2.87. The third kappa shape index (κ3) is 1.59. The van der Waals surface area contributed by atoms with Crippen molar-refractivity contribution < 1.29 is 4.39 Å². The molecule has 1 heterocycles. The molecule has 0 aromatic heterocycles. The smallest absolute Gasteiger partial charge is 0.128 e. The number of hydrogen-bond donors (Lipinski definition) is 1. The van der Waals surface area contributed by atoms with Gasteiger partial charge in [0.1, 0.15) is 12.5 Å². The Bertz CT molecular complexity index is 218. The van der Waals surface area contributed by atoms with Crippen molar-refractivity contribution in [3.05, 3.63) is 11.4 Å². The topological polar surface area (TPSA) is 38.4 Å². The molecule has 0 aromatic carbocycles. The van der Waals surface area contributed by atoms with Gasteiger partial charge in [-0.3, -0.25) is 0 Å². The summed E-state index contributed by atoms with van der Waals surface area (Å²) in [5.74, 6) is 0.711. The molecule has 62 valence electrons. The Hall–Kier alpha value is -0.860. The van der Waals surface area contributed by atoms with E-state index in [2.05, 4.69) is 4.99 Å². The SMILES string of the molecule is CC1=C(N)N=C(CF)C(C)C1. The standard InChI is InChI=1S/C8H13FN2/c1-5-3-6(2)8(10)11-7(5)4-9/h5H,3-4,10H2,1-2H3. The van der Waals surface area contributed by atoms with Crippen LogP contribution in [-0.2, 0) is 0 Å². The highest BCUT2D eigenvalue weighted by atomic mass is 19.1. The molecule has 0 fully saturated rings. The van der Waals surface area contributed by atoms with E-state index in [4.69, 9.17) is 5.73 Å². The summed E-state index contributed by atoms with van der Waals surface area (Å²) in [4.78, 5) is 3.96. The monoisotopic (exact) mass is 156 g/mol. The third-order valence-corrected chi connectivity index (χ3v) is 2.02. The van der Waals surface area contributed by atoms with Crippen LogP contribution in [0.15, 0.2) is 16.4 Å². The Morgan fingerprint density at radius 2 is 2.36 bits per heavy atom. The largest absolute Gasteiger partial charge is 0.384 e. The number of hydrogen-bond acceptors (Lipinski definition) is 2. The number of nitrogens with zero attached hydrogens (tertiary/aromatic N) is 1. The molecule has 0 bridgehead atoms. The molecule has 0 radical (unpaired) electrons. The van der Waals surface area contributed by atoms with Gasteiger partial charge in [-0.15, -0.1) is 0 Å². The summed E-state index contributed by atoms with van der Waals surface area (Å²) in [5, 5.41) is 0. The predicted octanol–water partition coefficient (Wildman–Crippen LogP) is 1.63. The van der Waals surface area contributed by atoms with Gasteiger partial charge >= 0.3 is 0 Å². The van der Waals surface area contributed by atoms with Gasteiger partial charge in [0.05, 0.1) is 5.71 Å². The van der Waals surface area contributed by atoms with Crippen LogP contribution in [0.3, 0.4) is 0 Å². The van der Waals surface area contributed by atoms with E-state index in [1.807, 2.05) is 13.8 Å². The quantitative estimate of drug-likeness (QED) is 0.615. The maximum Gasteiger partial charge on any atom is 0.128 e. The van der Waals surface area contributed by atoms with Crippen molar-refractivity contribution in [2.75, 3.05) is 6.67 Å². The fourth-order valence-electron chi connectivity index (χ4n) is 1.20. The first-order valence-electron chi connectivity index (χ1n) is 3.73. The molecule has 0 aromatic rings. The van der Waals surface area contributed by atoms with Crippen molar-refractivity contribution >= 4 is 5.71 Å². The zero-order valence-electron chi connectivity index (χ0n) is 6.89. The summed E-state index contributed by atoms with van der Waals surface area (Å²) >= 11 is 0. The van der Waals surface area contributed by atoms with E-state index in [0.717, 1.165) is 12.0 Å². The van der Waals surface area contributed by atoms with E-state index in [9.17, 15) is 4.39 Å². The highest BCUT2D eigenvalue weighted by Crippen LogP contribution is 2.20. The molecule has 1 unspecified atom stereocenters. The zero-order valence-corrected chi connectivity index (χ0v) is 6.89. The predicted molar refractivity (Wildman–Crippen MR) is 44.1 cm³/mol. The minimum Gasteiger partial charge on any atom is -0.384 e. The highest BCUT2D eigenvalue weighted by molar-refractivity contribution is 5.89. The second-order valence-electron chi connectivity index (χ2n) is 3.01. The average Bonchev–Trinajstić information content (AvgIpc) is 1.97. The van der Waals surface area contributed by atoms with Gasteiger partial charge in [0.25, 0.3) is 0 Å². The van der Waals surface area contributed by atoms with E-state index in [-0.39, 0.29) is 5.92 Å². The van der Waals surface area contributed by atoms with Gasteiger partial charge < -0.3 is 5.73 Å². The van der Waals surface area contributed by atoms with Gasteiger partial charge in [-0.25, -0.2) is 9.38 Å². The summed E-state index contributed by atoms with van der Waals surface area (Å²) in [6, 6.07) is 0. The first-order valence-corrected chi connectivity index (χ1v) is 3.73. The van der Waals surface area contributed by atoms with Crippen molar-refractivity contribution in [2.24, 2.45) is 16.6 Å². The van der Waals surface area contributed by atoms with E-state index in [1.165, 1.54) is 0 Å². The van der Waals surface area contributed by atoms with Crippen LogP contribution >= 0.6 is 0 Å². The lowest BCUT2D eigenvalue weighted by atomic mass is 9.95. The Kier molecular flexibility index (Phi) is 2.27. The molecule has 1 aliphatic rings. The number of allylic oxidation sites excluding steroid dienone is 1. The number of rotatable bonds is 1. The molecule has 1 atom stereocenters. The van der Waals surface area contributed by atoms with Crippen molar-refractivity contribution in [3.8, 4) is 0 Å². The average molecular weight is 156 g/mol. The van der Waals surface area contributed by atoms with E-state index >= 15 is 0 Å². The van der Waals surface area contributed by atoms with Gasteiger partial charge in [-0.2, -0.15) is 0 Å². The highest BCUT2D eigenvalue weighted by Gasteiger charge is 2.17. The molecular weight excluding hydrogens is 143 g/mol. The minimum absolute atomic E-state index is 0.215. The van der Waals surface area contributed by atoms with Crippen molar-refractivity contribution in [2.45, 2.75) is 20.3 Å². The van der Waals surface area contributed by atoms with E-state index in [1.54, 1.807) is 0 Å². The maximum absolute atomic E-state index is 12.2. The molecule has 0 aliphatic carbocycles. The fourth-order valence-corrected chi connectivity index (χ4v) is 1.20. The summed E-state index contributed by atoms with van der Waals surface area (Å²) in [6.45, 7) is 3.42. The van der Waals surface area contributed by atoms with Crippen LogP contribution in [0.25, 0.3) is 0 Å². The summed E-state index contributed by atoms with van der Waals surface area (Å²) in [5.41, 5.74) is 7.17. The lowest BCUT2D eigenvalue weighted by Gasteiger charge is -2.18. The van der Waals surface area contributed by atoms with Crippen molar-refractivity contribution in [1.82, 2.24) is 0 Å². The van der Waals surface area contributed by atoms with Crippen molar-refractivity contribution in [1.29, 1.82) is 0 Å². The van der Waals surface area contributed by atoms with E-state index in [0.29, 0.717) is 11.5 Å². The number of halogens is 1. The maximum atomic E-state index is 12.2. The summed E-state index contributed by atoms with van der Waals surface area (Å²) in [7, 11) is 0. The van der Waals surface area contributed by atoms with Crippen LogP contribution in [0.5, 0.6) is 0 Å². The van der Waals surface area contributed by atoms with Gasteiger partial charge in [0, 0.05) is 5.92 Å². The van der Waals surface area contributed by atoms with Crippen LogP contribution in [0.4, 0.5) is 4.39 Å². The van der Waals surface area contributed by atoms with Crippen LogP contribution < -0.4 is 5.73 Å². The minimum atomic E-state index is -0.477. The molecule has 1 aliphatic heterocycles. The van der Waals surface area contributed by atoms with E-state index < -0.39 is 6.67 Å². The van der Waals surface area contributed by atoms with Gasteiger partial charge in [0.2, 0.25) is 0 Å². The zero-order chi connectivity index (χ0) is 8.43. The molecule has 0 amide bonds. The van der Waals surface area contributed by atoms with Crippen LogP contribution in [0.1, 0.15) is 20.3 Å². The molecule has 1 rings (SSSR count). The van der Waals surface area contributed by atoms with Crippen LogP contribution in [0, 0.1) is 5.92 Å². The van der Waals surface area contributed by atoms with Crippen LogP contribution in [0.2, 0.25) is 0 Å². The molecule has 3 heteroatoms. The first-order chi connectivity index (χ1) is 5.15. The number of aliphatic imine (C=N–C) groups is 1. The van der Waals surface area contributed by atoms with Gasteiger partial charge in [0.15, 0.2) is 0 Å². The Morgan fingerprint density at radius 1 is 1.73 bits per heavy atom. The number of alkyl halides is 1. The fraction of sp³-hybridized carbons (Fsp3) is 0.625. The van der Waals surface area contributed by atoms with Crippen molar-refractivity contribution in [3.63, 3.8) is 0 Å². The molecule has 2 nitrogen and oxygen atoms in total. The van der Waals surface area contributed by atoms with Gasteiger partial charge in [-0.05, 0) is 18.9 Å². The third-order valence-electron chi connectivity index (χ3n) is 2.02. The molecule has 0 saturated carbocycles. The first kappa shape index (κ1) is 8.24. The normalized spacial score (nSPS) is 25.4. The lowest BCUT2D eigenvalue weighted by molar-refractivity contribution is 0.554. The second-order valence-corrected chi connectivity index (χ2v) is 3.01. The lowest BCUT2D eigenvalue weighted by Crippen LogP contribution is -2.20. The van der Waals surface area contributed by atoms with Crippen LogP contribution in [-0.4, -0.2) is 12.4 Å². The van der Waals surface area contributed by atoms with Gasteiger partial charge in [-0.1, -0.05) is 6.92 Å². The Labute approximate surface area is 66.0 Å². The second kappa shape index (κ2) is 3.03. The molecule has 0 saturated heterocycles.